The number of carbonyl (C=O) groups excluding carboxylic acids is 1. The second-order valence-electron chi connectivity index (χ2n) is 5.33. The van der Waals surface area contributed by atoms with Gasteiger partial charge in [0.2, 0.25) is 0 Å². The Balaban J connectivity index is 2.01. The molecule has 23 heavy (non-hydrogen) atoms. The molecule has 0 saturated carbocycles. The zero-order valence-corrected chi connectivity index (χ0v) is 13.9. The van der Waals surface area contributed by atoms with Crippen LogP contribution in [0.1, 0.15) is 42.0 Å². The van der Waals surface area contributed by atoms with Crippen molar-refractivity contribution < 1.29 is 14.5 Å². The molecule has 1 amide bonds. The van der Waals surface area contributed by atoms with Gasteiger partial charge in [-0.2, -0.15) is 0 Å². The van der Waals surface area contributed by atoms with Crippen LogP contribution in [0.4, 0.5) is 5.00 Å². The Hall–Kier alpha value is -2.41. The molecule has 1 N–H and O–H groups in total. The van der Waals surface area contributed by atoms with Gasteiger partial charge in [0.1, 0.15) is 5.75 Å². The average Bonchev–Trinajstić information content (AvgIpc) is 2.97. The first kappa shape index (κ1) is 17.0. The molecule has 0 fully saturated rings. The second-order valence-corrected chi connectivity index (χ2v) is 6.39. The molecule has 7 heteroatoms. The molecule has 0 aliphatic rings. The average molecular weight is 334 g/mol. The third-order valence-corrected chi connectivity index (χ3v) is 4.13. The third kappa shape index (κ3) is 4.53. The number of carbonyl (C=O) groups is 1. The Morgan fingerprint density at radius 3 is 2.35 bits per heavy atom. The summed E-state index contributed by atoms with van der Waals surface area (Å²) >= 11 is 0.864. The van der Waals surface area contributed by atoms with Gasteiger partial charge in [-0.1, -0.05) is 23.5 Å². The topological polar surface area (TPSA) is 81.5 Å². The number of benzene rings is 1. The number of nitrogens with zero attached hydrogens (tertiary/aromatic N) is 1. The van der Waals surface area contributed by atoms with Gasteiger partial charge in [-0.15, -0.1) is 0 Å². The first-order chi connectivity index (χ1) is 10.9. The first-order valence-electron chi connectivity index (χ1n) is 7.18. The molecule has 0 aliphatic heterocycles. The van der Waals surface area contributed by atoms with E-state index in [2.05, 4.69) is 5.32 Å². The van der Waals surface area contributed by atoms with Gasteiger partial charge < -0.3 is 10.1 Å². The fraction of sp³-hybridized carbons (Fsp3) is 0.312. The molecule has 2 aromatic rings. The molecular formula is C16H18N2O4S. The second kappa shape index (κ2) is 7.23. The van der Waals surface area contributed by atoms with Crippen LogP contribution in [0.25, 0.3) is 0 Å². The van der Waals surface area contributed by atoms with Gasteiger partial charge >= 0.3 is 5.00 Å². The van der Waals surface area contributed by atoms with E-state index in [0.717, 1.165) is 22.6 Å². The maximum atomic E-state index is 12.1. The Bertz CT molecular complexity index is 694. The maximum absolute atomic E-state index is 12.1. The van der Waals surface area contributed by atoms with Crippen LogP contribution in [0.5, 0.6) is 5.75 Å². The minimum Gasteiger partial charge on any atom is -0.491 e. The zero-order valence-electron chi connectivity index (χ0n) is 13.1. The summed E-state index contributed by atoms with van der Waals surface area (Å²) in [6.07, 6.45) is 0.104. The quantitative estimate of drug-likeness (QED) is 0.641. The fourth-order valence-electron chi connectivity index (χ4n) is 2.01. The van der Waals surface area contributed by atoms with E-state index in [1.807, 2.05) is 45.0 Å². The molecule has 0 aliphatic carbocycles. The highest BCUT2D eigenvalue weighted by atomic mass is 32.1. The largest absolute Gasteiger partial charge is 0.491 e. The van der Waals surface area contributed by atoms with E-state index in [4.69, 9.17) is 4.74 Å². The van der Waals surface area contributed by atoms with Crippen molar-refractivity contribution in [1.29, 1.82) is 0 Å². The molecule has 2 rings (SSSR count). The number of nitrogens with one attached hydrogen (secondary N) is 1. The van der Waals surface area contributed by atoms with Crippen LogP contribution in [0, 0.1) is 10.1 Å². The molecule has 1 heterocycles. The minimum absolute atomic E-state index is 0.0435. The zero-order chi connectivity index (χ0) is 17.0. The molecule has 6 nitrogen and oxygen atoms in total. The van der Waals surface area contributed by atoms with Crippen molar-refractivity contribution in [2.75, 3.05) is 0 Å². The van der Waals surface area contributed by atoms with E-state index < -0.39 is 4.92 Å². The Morgan fingerprint density at radius 1 is 1.17 bits per heavy atom. The minimum atomic E-state index is -0.502. The molecule has 1 atom stereocenters. The summed E-state index contributed by atoms with van der Waals surface area (Å²) < 4.78 is 5.57. The standard InChI is InChI=1S/C16H18N2O4S/c1-10(2)22-13-6-4-12(5-7-13)11(3)17-16(19)14-8-9-15(23-14)18(20)21/h4-11H,1-3H3,(H,17,19). The number of hydrogen-bond acceptors (Lipinski definition) is 5. The predicted octanol–water partition coefficient (Wildman–Crippen LogP) is 3.93. The van der Waals surface area contributed by atoms with E-state index in [1.54, 1.807) is 0 Å². The summed E-state index contributed by atoms with van der Waals surface area (Å²) in [5, 5.41) is 13.5. The van der Waals surface area contributed by atoms with Gasteiger partial charge in [-0.05, 0) is 44.5 Å². The molecule has 0 saturated heterocycles. The first-order valence-corrected chi connectivity index (χ1v) is 8.00. The molecule has 1 aromatic heterocycles. The number of nitro groups is 1. The van der Waals surface area contributed by atoms with Crippen molar-refractivity contribution >= 4 is 22.2 Å². The summed E-state index contributed by atoms with van der Waals surface area (Å²) in [6.45, 7) is 5.77. The van der Waals surface area contributed by atoms with Crippen molar-refractivity contribution in [1.82, 2.24) is 5.32 Å². The lowest BCUT2D eigenvalue weighted by Crippen LogP contribution is -2.25. The van der Waals surface area contributed by atoms with Gasteiger partial charge in [0.05, 0.1) is 21.9 Å². The molecular weight excluding hydrogens is 316 g/mol. The van der Waals surface area contributed by atoms with Crippen LogP contribution in [0.2, 0.25) is 0 Å². The highest BCUT2D eigenvalue weighted by molar-refractivity contribution is 7.17. The van der Waals surface area contributed by atoms with Crippen LogP contribution in [-0.4, -0.2) is 16.9 Å². The Labute approximate surface area is 138 Å². The molecule has 1 aromatic carbocycles. The van der Waals surface area contributed by atoms with Crippen molar-refractivity contribution in [3.8, 4) is 5.75 Å². The van der Waals surface area contributed by atoms with E-state index in [0.29, 0.717) is 4.88 Å². The van der Waals surface area contributed by atoms with Crippen molar-refractivity contribution in [3.05, 3.63) is 57.0 Å². The maximum Gasteiger partial charge on any atom is 0.324 e. The van der Waals surface area contributed by atoms with Gasteiger partial charge in [0.15, 0.2) is 0 Å². The van der Waals surface area contributed by atoms with Crippen molar-refractivity contribution in [3.63, 3.8) is 0 Å². The van der Waals surface area contributed by atoms with Crippen LogP contribution in [-0.2, 0) is 0 Å². The highest BCUT2D eigenvalue weighted by Gasteiger charge is 2.17. The summed E-state index contributed by atoms with van der Waals surface area (Å²) in [4.78, 5) is 22.6. The van der Waals surface area contributed by atoms with Gasteiger partial charge in [0, 0.05) is 6.07 Å². The molecule has 1 unspecified atom stereocenters. The smallest absolute Gasteiger partial charge is 0.324 e. The molecule has 122 valence electrons. The molecule has 0 bridgehead atoms. The van der Waals surface area contributed by atoms with Gasteiger partial charge in [0.25, 0.3) is 5.91 Å². The lowest BCUT2D eigenvalue weighted by Gasteiger charge is -2.15. The predicted molar refractivity (Wildman–Crippen MR) is 89.1 cm³/mol. The summed E-state index contributed by atoms with van der Waals surface area (Å²) in [5.74, 6) is 0.453. The van der Waals surface area contributed by atoms with Crippen LogP contribution >= 0.6 is 11.3 Å². The summed E-state index contributed by atoms with van der Waals surface area (Å²) in [6, 6.07) is 10.1. The van der Waals surface area contributed by atoms with Gasteiger partial charge in [-0.3, -0.25) is 14.9 Å². The van der Waals surface area contributed by atoms with Crippen LogP contribution < -0.4 is 10.1 Å². The van der Waals surface area contributed by atoms with Crippen LogP contribution in [0.3, 0.4) is 0 Å². The number of thiophene rings is 1. The number of hydrogen-bond donors (Lipinski definition) is 1. The lowest BCUT2D eigenvalue weighted by molar-refractivity contribution is -0.380. The highest BCUT2D eigenvalue weighted by Crippen LogP contribution is 2.25. The summed E-state index contributed by atoms with van der Waals surface area (Å²) in [5.41, 5.74) is 0.931. The van der Waals surface area contributed by atoms with Crippen LogP contribution in [0.15, 0.2) is 36.4 Å². The SMILES string of the molecule is CC(C)Oc1ccc(C(C)NC(=O)c2ccc([N+](=O)[O-])s2)cc1. The van der Waals surface area contributed by atoms with E-state index >= 15 is 0 Å². The lowest BCUT2D eigenvalue weighted by atomic mass is 10.1. The normalized spacial score (nSPS) is 12.0. The van der Waals surface area contributed by atoms with E-state index in [-0.39, 0.29) is 23.1 Å². The van der Waals surface area contributed by atoms with Crippen molar-refractivity contribution in [2.45, 2.75) is 32.9 Å². The van der Waals surface area contributed by atoms with Gasteiger partial charge in [-0.25, -0.2) is 0 Å². The van der Waals surface area contributed by atoms with E-state index in [9.17, 15) is 14.9 Å². The van der Waals surface area contributed by atoms with Crippen molar-refractivity contribution in [2.24, 2.45) is 0 Å². The Morgan fingerprint density at radius 2 is 1.83 bits per heavy atom. The fourth-order valence-corrected chi connectivity index (χ4v) is 2.73. The number of amides is 1. The summed E-state index contributed by atoms with van der Waals surface area (Å²) in [7, 11) is 0. The monoisotopic (exact) mass is 334 g/mol. The third-order valence-electron chi connectivity index (χ3n) is 3.10. The Kier molecular flexibility index (Phi) is 5.33. The molecule has 0 radical (unpaired) electrons. The van der Waals surface area contributed by atoms with E-state index in [1.165, 1.54) is 12.1 Å². The molecule has 0 spiro atoms. The number of ether oxygens (including phenoxy) is 1. The number of rotatable bonds is 6.